The molecule has 0 saturated heterocycles. The van der Waals surface area contributed by atoms with Gasteiger partial charge in [-0.1, -0.05) is 12.1 Å². The highest BCUT2D eigenvalue weighted by Crippen LogP contribution is 2.20. The monoisotopic (exact) mass is 310 g/mol. The van der Waals surface area contributed by atoms with Crippen molar-refractivity contribution in [3.63, 3.8) is 0 Å². The summed E-state index contributed by atoms with van der Waals surface area (Å²) < 4.78 is 6.82. The van der Waals surface area contributed by atoms with E-state index >= 15 is 0 Å². The number of nitrogens with one attached hydrogen (secondary N) is 1. The summed E-state index contributed by atoms with van der Waals surface area (Å²) in [7, 11) is 1.56. The fraction of sp³-hybridized carbons (Fsp3) is 0.250. The second-order valence-electron chi connectivity index (χ2n) is 5.18. The molecule has 0 aliphatic heterocycles. The molecule has 0 fully saturated rings. The molecule has 0 aliphatic carbocycles. The number of rotatable bonds is 5. The Labute approximate surface area is 134 Å². The van der Waals surface area contributed by atoms with Crippen LogP contribution in [0.2, 0.25) is 0 Å². The van der Waals surface area contributed by atoms with Gasteiger partial charge in [0.15, 0.2) is 0 Å². The van der Waals surface area contributed by atoms with Gasteiger partial charge in [0.05, 0.1) is 12.8 Å². The molecule has 7 nitrogen and oxygen atoms in total. The fourth-order valence-corrected chi connectivity index (χ4v) is 2.27. The first kappa shape index (κ1) is 15.0. The van der Waals surface area contributed by atoms with Crippen molar-refractivity contribution in [1.29, 1.82) is 0 Å². The second-order valence-corrected chi connectivity index (χ2v) is 5.18. The van der Waals surface area contributed by atoms with Crippen molar-refractivity contribution in [2.45, 2.75) is 19.9 Å². The van der Waals surface area contributed by atoms with Crippen molar-refractivity contribution in [2.24, 2.45) is 0 Å². The summed E-state index contributed by atoms with van der Waals surface area (Å²) in [6.45, 7) is 3.99. The number of methoxy groups -OCH3 is 1. The first-order chi connectivity index (χ1) is 11.2. The zero-order chi connectivity index (χ0) is 16.2. The van der Waals surface area contributed by atoms with Crippen LogP contribution >= 0.6 is 0 Å². The number of hydrogen-bond acceptors (Lipinski definition) is 6. The number of nitrogens with zero attached hydrogens (tertiary/aromatic N) is 5. The van der Waals surface area contributed by atoms with Gasteiger partial charge in [-0.25, -0.2) is 14.6 Å². The molecular formula is C16H18N6O. The van der Waals surface area contributed by atoms with E-state index in [4.69, 9.17) is 4.74 Å². The van der Waals surface area contributed by atoms with E-state index in [-0.39, 0.29) is 6.04 Å². The maximum absolute atomic E-state index is 5.10. The number of anilines is 1. The Hall–Kier alpha value is -2.96. The molecule has 0 radical (unpaired) electrons. The first-order valence-corrected chi connectivity index (χ1v) is 7.27. The molecule has 0 spiro atoms. The zero-order valence-electron chi connectivity index (χ0n) is 13.3. The molecule has 3 rings (SSSR count). The highest BCUT2D eigenvalue weighted by molar-refractivity contribution is 5.42. The predicted molar refractivity (Wildman–Crippen MR) is 86.7 cm³/mol. The Morgan fingerprint density at radius 2 is 1.96 bits per heavy atom. The van der Waals surface area contributed by atoms with Crippen molar-refractivity contribution in [3.05, 3.63) is 54.2 Å². The third kappa shape index (κ3) is 3.45. The topological polar surface area (TPSA) is 77.8 Å². The van der Waals surface area contributed by atoms with Crippen LogP contribution in [0.15, 0.2) is 43.0 Å². The molecular weight excluding hydrogens is 292 g/mol. The van der Waals surface area contributed by atoms with E-state index in [0.717, 1.165) is 22.8 Å². The van der Waals surface area contributed by atoms with Gasteiger partial charge in [-0.15, -0.1) is 0 Å². The van der Waals surface area contributed by atoms with Gasteiger partial charge in [0.2, 0.25) is 0 Å². The SMILES string of the molecule is COc1nc(C)cc(N[C@@H](C)c2ccc(-n3cncn3)cc2)n1. The molecule has 0 bridgehead atoms. The maximum atomic E-state index is 5.10. The average Bonchev–Trinajstić information content (AvgIpc) is 3.09. The van der Waals surface area contributed by atoms with Gasteiger partial charge in [-0.05, 0) is 31.5 Å². The van der Waals surface area contributed by atoms with E-state index in [0.29, 0.717) is 6.01 Å². The smallest absolute Gasteiger partial charge is 0.318 e. The van der Waals surface area contributed by atoms with Gasteiger partial charge >= 0.3 is 6.01 Å². The van der Waals surface area contributed by atoms with Crippen molar-refractivity contribution in [1.82, 2.24) is 24.7 Å². The third-order valence-corrected chi connectivity index (χ3v) is 3.46. The summed E-state index contributed by atoms with van der Waals surface area (Å²) >= 11 is 0. The minimum Gasteiger partial charge on any atom is -0.467 e. The summed E-state index contributed by atoms with van der Waals surface area (Å²) in [6, 6.07) is 10.5. The minimum absolute atomic E-state index is 0.0961. The molecule has 2 aromatic heterocycles. The van der Waals surface area contributed by atoms with Gasteiger partial charge in [-0.3, -0.25) is 0 Å². The number of benzene rings is 1. The van der Waals surface area contributed by atoms with E-state index in [1.807, 2.05) is 25.1 Å². The predicted octanol–water partition coefficient (Wildman–Crippen LogP) is 2.55. The normalized spacial score (nSPS) is 12.0. The van der Waals surface area contributed by atoms with Crippen LogP contribution in [-0.4, -0.2) is 31.8 Å². The molecule has 0 saturated carbocycles. The third-order valence-electron chi connectivity index (χ3n) is 3.46. The Morgan fingerprint density at radius 1 is 1.17 bits per heavy atom. The Morgan fingerprint density at radius 3 is 2.61 bits per heavy atom. The Balaban J connectivity index is 1.75. The van der Waals surface area contributed by atoms with Gasteiger partial charge in [0.25, 0.3) is 0 Å². The van der Waals surface area contributed by atoms with Crippen LogP contribution in [0.1, 0.15) is 24.2 Å². The zero-order valence-corrected chi connectivity index (χ0v) is 13.3. The molecule has 118 valence electrons. The molecule has 23 heavy (non-hydrogen) atoms. The summed E-state index contributed by atoms with van der Waals surface area (Å²) in [5.74, 6) is 0.738. The van der Waals surface area contributed by atoms with E-state index in [1.54, 1.807) is 18.1 Å². The fourth-order valence-electron chi connectivity index (χ4n) is 2.27. The average molecular weight is 310 g/mol. The van der Waals surface area contributed by atoms with Crippen molar-refractivity contribution in [3.8, 4) is 11.7 Å². The highest BCUT2D eigenvalue weighted by atomic mass is 16.5. The number of hydrogen-bond donors (Lipinski definition) is 1. The summed E-state index contributed by atoms with van der Waals surface area (Å²) in [5, 5.41) is 7.48. The van der Waals surface area contributed by atoms with E-state index in [1.165, 1.54) is 6.33 Å². The molecule has 1 aromatic carbocycles. The van der Waals surface area contributed by atoms with Crippen LogP contribution in [-0.2, 0) is 0 Å². The van der Waals surface area contributed by atoms with Crippen LogP contribution in [0.4, 0.5) is 5.82 Å². The second kappa shape index (κ2) is 6.43. The lowest BCUT2D eigenvalue weighted by Crippen LogP contribution is -2.09. The summed E-state index contributed by atoms with van der Waals surface area (Å²) in [4.78, 5) is 12.4. The van der Waals surface area contributed by atoms with Gasteiger partial charge in [0.1, 0.15) is 18.5 Å². The van der Waals surface area contributed by atoms with Crippen molar-refractivity contribution in [2.75, 3.05) is 12.4 Å². The van der Waals surface area contributed by atoms with Gasteiger partial charge in [-0.2, -0.15) is 10.1 Å². The Kier molecular flexibility index (Phi) is 4.18. The molecule has 7 heteroatoms. The van der Waals surface area contributed by atoms with Gasteiger partial charge in [0, 0.05) is 17.8 Å². The molecule has 0 aliphatic rings. The lowest BCUT2D eigenvalue weighted by molar-refractivity contribution is 0.379. The number of aryl methyl sites for hydroxylation is 1. The van der Waals surface area contributed by atoms with Gasteiger partial charge < -0.3 is 10.1 Å². The standard InChI is InChI=1S/C16H18N6O/c1-11-8-15(21-16(19-11)23-3)20-12(2)13-4-6-14(7-5-13)22-10-17-9-18-22/h4-10,12H,1-3H3,(H,19,20,21)/t12-/m0/s1. The molecule has 3 aromatic rings. The minimum atomic E-state index is 0.0961. The summed E-state index contributed by atoms with van der Waals surface area (Å²) in [5.41, 5.74) is 2.97. The van der Waals surface area contributed by atoms with Crippen LogP contribution in [0.5, 0.6) is 6.01 Å². The quantitative estimate of drug-likeness (QED) is 0.780. The van der Waals surface area contributed by atoms with Crippen molar-refractivity contribution >= 4 is 5.82 Å². The molecule has 0 amide bonds. The molecule has 2 heterocycles. The maximum Gasteiger partial charge on any atom is 0.318 e. The molecule has 1 atom stereocenters. The lowest BCUT2D eigenvalue weighted by Gasteiger charge is -2.16. The summed E-state index contributed by atoms with van der Waals surface area (Å²) in [6.07, 6.45) is 3.19. The van der Waals surface area contributed by atoms with E-state index < -0.39 is 0 Å². The largest absolute Gasteiger partial charge is 0.467 e. The number of ether oxygens (including phenoxy) is 1. The Bertz CT molecular complexity index is 770. The van der Waals surface area contributed by atoms with Crippen LogP contribution in [0.3, 0.4) is 0 Å². The van der Waals surface area contributed by atoms with Crippen LogP contribution < -0.4 is 10.1 Å². The van der Waals surface area contributed by atoms with E-state index in [9.17, 15) is 0 Å². The van der Waals surface area contributed by atoms with E-state index in [2.05, 4.69) is 44.4 Å². The van der Waals surface area contributed by atoms with Crippen LogP contribution in [0, 0.1) is 6.92 Å². The first-order valence-electron chi connectivity index (χ1n) is 7.27. The number of aromatic nitrogens is 5. The highest BCUT2D eigenvalue weighted by Gasteiger charge is 2.09. The van der Waals surface area contributed by atoms with Crippen LogP contribution in [0.25, 0.3) is 5.69 Å². The molecule has 1 N–H and O–H groups in total. The lowest BCUT2D eigenvalue weighted by atomic mass is 10.1. The van der Waals surface area contributed by atoms with Crippen molar-refractivity contribution < 1.29 is 4.74 Å². The molecule has 0 unspecified atom stereocenters.